The smallest absolute Gasteiger partial charge is 0.306 e. The van der Waals surface area contributed by atoms with Gasteiger partial charge in [-0.3, -0.25) is 33.6 Å². The van der Waals surface area contributed by atoms with E-state index in [-0.39, 0.29) is 25.4 Å². The molecule has 2 saturated heterocycles. The predicted octanol–water partition coefficient (Wildman–Crippen LogP) is 2.80. The Morgan fingerprint density at radius 3 is 1.88 bits per heavy atom. The lowest BCUT2D eigenvalue weighted by molar-refractivity contribution is -0.225. The van der Waals surface area contributed by atoms with Crippen LogP contribution >= 0.6 is 0 Å². The molecule has 0 aromatic heterocycles. The van der Waals surface area contributed by atoms with Crippen molar-refractivity contribution in [1.82, 2.24) is 0 Å². The zero-order valence-electron chi connectivity index (χ0n) is 31.3. The molecule has 2 bridgehead atoms. The number of rotatable bonds is 8. The molecule has 4 rings (SSSR count). The molecule has 2 saturated carbocycles. The summed E-state index contributed by atoms with van der Waals surface area (Å²) in [5.41, 5.74) is -5.14. The topological polar surface area (TPSA) is 197 Å². The molecule has 15 heteroatoms. The van der Waals surface area contributed by atoms with Gasteiger partial charge in [-0.2, -0.15) is 0 Å². The van der Waals surface area contributed by atoms with Crippen molar-refractivity contribution in [1.29, 1.82) is 0 Å². The van der Waals surface area contributed by atoms with Crippen LogP contribution in [0.2, 0.25) is 0 Å². The summed E-state index contributed by atoms with van der Waals surface area (Å²) >= 11 is 0. The van der Waals surface area contributed by atoms with Gasteiger partial charge in [0.2, 0.25) is 0 Å². The molecule has 2 heterocycles. The summed E-state index contributed by atoms with van der Waals surface area (Å²) in [4.78, 5) is 93.3. The number of hydrogen-bond donors (Lipinski definition) is 0. The summed E-state index contributed by atoms with van der Waals surface area (Å²) < 4.78 is 48.8. The van der Waals surface area contributed by atoms with Crippen molar-refractivity contribution < 1.29 is 71.5 Å². The molecule has 0 aromatic carbocycles. The zero-order valence-corrected chi connectivity index (χ0v) is 31.3. The van der Waals surface area contributed by atoms with E-state index in [2.05, 4.69) is 0 Å². The number of ether oxygens (including phenoxy) is 8. The minimum atomic E-state index is -2.24. The van der Waals surface area contributed by atoms with Crippen LogP contribution in [0.15, 0.2) is 0 Å². The molecule has 51 heavy (non-hydrogen) atoms. The molecule has 0 spiro atoms. The third-order valence-electron chi connectivity index (χ3n) is 10.4. The molecular weight excluding hydrogens is 672 g/mol. The first-order valence-electron chi connectivity index (χ1n) is 17.5. The predicted molar refractivity (Wildman–Crippen MR) is 173 cm³/mol. The zero-order chi connectivity index (χ0) is 38.4. The molecule has 0 unspecified atom stereocenters. The van der Waals surface area contributed by atoms with Crippen molar-refractivity contribution in [3.8, 4) is 0 Å². The van der Waals surface area contributed by atoms with E-state index in [1.807, 2.05) is 13.8 Å². The third kappa shape index (κ3) is 8.08. The van der Waals surface area contributed by atoms with Crippen LogP contribution in [-0.2, 0) is 71.5 Å². The van der Waals surface area contributed by atoms with Gasteiger partial charge in [-0.15, -0.1) is 0 Å². The number of epoxide rings is 1. The lowest BCUT2D eigenvalue weighted by atomic mass is 9.67. The monoisotopic (exact) mass is 724 g/mol. The van der Waals surface area contributed by atoms with Gasteiger partial charge in [0.1, 0.15) is 18.3 Å². The maximum atomic E-state index is 15.1. The lowest BCUT2D eigenvalue weighted by Gasteiger charge is -2.48. The van der Waals surface area contributed by atoms with Crippen LogP contribution in [0, 0.1) is 29.1 Å². The molecule has 4 aliphatic rings. The van der Waals surface area contributed by atoms with Crippen LogP contribution < -0.4 is 0 Å². The third-order valence-corrected chi connectivity index (χ3v) is 10.4. The Kier molecular flexibility index (Phi) is 11.7. The van der Waals surface area contributed by atoms with Crippen molar-refractivity contribution in [2.75, 3.05) is 6.61 Å². The minimum absolute atomic E-state index is 0.0552. The van der Waals surface area contributed by atoms with Crippen LogP contribution in [-0.4, -0.2) is 102 Å². The van der Waals surface area contributed by atoms with E-state index in [0.29, 0.717) is 0 Å². The van der Waals surface area contributed by atoms with E-state index < -0.39 is 125 Å². The van der Waals surface area contributed by atoms with Crippen LogP contribution in [0.3, 0.4) is 0 Å². The molecule has 4 fully saturated rings. The van der Waals surface area contributed by atoms with Gasteiger partial charge < -0.3 is 37.9 Å². The summed E-state index contributed by atoms with van der Waals surface area (Å²) in [5, 5.41) is 0. The van der Waals surface area contributed by atoms with Crippen LogP contribution in [0.1, 0.15) is 95.4 Å². The highest BCUT2D eigenvalue weighted by Gasteiger charge is 2.74. The number of hydrogen-bond acceptors (Lipinski definition) is 15. The van der Waals surface area contributed by atoms with Gasteiger partial charge in [-0.1, -0.05) is 34.6 Å². The largest absolute Gasteiger partial charge is 0.462 e. The molecule has 12 atom stereocenters. The molecule has 0 N–H and O–H groups in total. The SMILES string of the molecule is CC(=O)O[C@@H]1[C@@H](OCC(C)C)[C@H]2CCC(=O)O[C@H]1C(C)(C)[C@H]1O[C@@H]1[C@@H](C)C(=O)[C@@]1(OC(C)=O)C[C@@](C)(OC(C)=O)[C@H](OC(C)=O)[C@@H]1[C@H]2OC(C)=O. The van der Waals surface area contributed by atoms with E-state index in [9.17, 15) is 28.8 Å². The number of Topliss-reactive ketones (excluding diaryl/α,β-unsaturated/α-hetero) is 1. The molecule has 0 radical (unpaired) electrons. The fourth-order valence-electron chi connectivity index (χ4n) is 8.58. The van der Waals surface area contributed by atoms with Gasteiger partial charge in [0, 0.05) is 71.3 Å². The highest BCUT2D eigenvalue weighted by Crippen LogP contribution is 2.57. The van der Waals surface area contributed by atoms with Crippen molar-refractivity contribution in [2.24, 2.45) is 29.1 Å². The molecule has 2 aliphatic carbocycles. The first kappa shape index (κ1) is 40.2. The minimum Gasteiger partial charge on any atom is -0.462 e. The highest BCUT2D eigenvalue weighted by molar-refractivity contribution is 5.93. The van der Waals surface area contributed by atoms with E-state index >= 15 is 4.79 Å². The van der Waals surface area contributed by atoms with Crippen LogP contribution in [0.4, 0.5) is 0 Å². The van der Waals surface area contributed by atoms with E-state index in [4.69, 9.17) is 37.9 Å². The Labute approximate surface area is 298 Å². The van der Waals surface area contributed by atoms with Crippen LogP contribution in [0.25, 0.3) is 0 Å². The Morgan fingerprint density at radius 2 is 1.35 bits per heavy atom. The normalized spacial score (nSPS) is 38.7. The summed E-state index contributed by atoms with van der Waals surface area (Å²) in [5.74, 6) is -9.00. The second-order valence-electron chi connectivity index (χ2n) is 15.6. The number of fused-ring (bicyclic) bond motifs is 5. The standard InChI is InChI=1S/C36H52O15/c1-16(2)14-44-28-23-12-13-24(42)48-33(29(28)46-19(5)38)34(9,10)32-26(49-32)17(3)30(43)36(51-22(8)41)15-35(11,50-21(7)40)31(47-20(6)39)25(36)27(23)45-18(4)37/h16-17,23,25-29,31-33H,12-15H2,1-11H3/t17-,23+,25+,26-,27+,28+,29-,31-,32+,33-,35-,36-/m1/s1. The van der Waals surface area contributed by atoms with E-state index in [1.54, 1.807) is 20.8 Å². The Balaban J connectivity index is 2.16. The quantitative estimate of drug-likeness (QED) is 0.201. The Bertz CT molecular complexity index is 1420. The number of esters is 6. The Morgan fingerprint density at radius 1 is 0.784 bits per heavy atom. The number of carbonyl (C=O) groups is 7. The van der Waals surface area contributed by atoms with Crippen LogP contribution in [0.5, 0.6) is 0 Å². The fourth-order valence-corrected chi connectivity index (χ4v) is 8.58. The molecular formula is C36H52O15. The lowest BCUT2D eigenvalue weighted by Crippen LogP contribution is -2.63. The summed E-state index contributed by atoms with van der Waals surface area (Å²) in [6.07, 6.45) is -9.04. The maximum Gasteiger partial charge on any atom is 0.306 e. The second kappa shape index (κ2) is 14.8. The highest BCUT2D eigenvalue weighted by atomic mass is 16.6. The average molecular weight is 725 g/mol. The number of carbonyl (C=O) groups excluding carboxylic acids is 7. The van der Waals surface area contributed by atoms with Gasteiger partial charge in [0.25, 0.3) is 0 Å². The van der Waals surface area contributed by atoms with Gasteiger partial charge in [0.05, 0.1) is 18.1 Å². The summed E-state index contributed by atoms with van der Waals surface area (Å²) in [6, 6.07) is 0. The van der Waals surface area contributed by atoms with Gasteiger partial charge in [-0.05, 0) is 19.3 Å². The summed E-state index contributed by atoms with van der Waals surface area (Å²) in [7, 11) is 0. The van der Waals surface area contributed by atoms with Crippen molar-refractivity contribution in [2.45, 2.75) is 149 Å². The second-order valence-corrected chi connectivity index (χ2v) is 15.6. The van der Waals surface area contributed by atoms with E-state index in [1.165, 1.54) is 13.8 Å². The molecule has 286 valence electrons. The first-order valence-corrected chi connectivity index (χ1v) is 17.5. The average Bonchev–Trinajstić information content (AvgIpc) is 3.75. The summed E-state index contributed by atoms with van der Waals surface area (Å²) in [6.45, 7) is 16.2. The Hall–Kier alpha value is -3.59. The van der Waals surface area contributed by atoms with E-state index in [0.717, 1.165) is 27.7 Å². The molecule has 0 amide bonds. The van der Waals surface area contributed by atoms with Crippen molar-refractivity contribution in [3.63, 3.8) is 0 Å². The van der Waals surface area contributed by atoms with Crippen molar-refractivity contribution in [3.05, 3.63) is 0 Å². The maximum absolute atomic E-state index is 15.1. The molecule has 0 aromatic rings. The molecule has 15 nitrogen and oxygen atoms in total. The van der Waals surface area contributed by atoms with Gasteiger partial charge in [-0.25, -0.2) is 0 Å². The molecule has 2 aliphatic heterocycles. The fraction of sp³-hybridized carbons (Fsp3) is 0.806. The number of ketones is 1. The first-order chi connectivity index (χ1) is 23.5. The van der Waals surface area contributed by atoms with Crippen molar-refractivity contribution >= 4 is 41.6 Å². The van der Waals surface area contributed by atoms with Gasteiger partial charge in [0.15, 0.2) is 29.2 Å². The van der Waals surface area contributed by atoms with Gasteiger partial charge >= 0.3 is 35.8 Å².